The fraction of sp³-hybridized carbons (Fsp3) is 0.265. The topological polar surface area (TPSA) is 137 Å². The summed E-state index contributed by atoms with van der Waals surface area (Å²) in [4.78, 5) is 36.5. The Hall–Kier alpha value is -5.21. The zero-order chi connectivity index (χ0) is 34.9. The van der Waals surface area contributed by atoms with Crippen LogP contribution in [0, 0.1) is 0 Å². The number of rotatable bonds is 9. The molecule has 0 spiro atoms. The predicted octanol–water partition coefficient (Wildman–Crippen LogP) is 4.71. The van der Waals surface area contributed by atoms with Crippen molar-refractivity contribution in [2.75, 3.05) is 63.8 Å². The van der Waals surface area contributed by atoms with Crippen LogP contribution in [0.25, 0.3) is 0 Å². The molecule has 1 aromatic heterocycles. The van der Waals surface area contributed by atoms with Crippen molar-refractivity contribution in [3.05, 3.63) is 95.3 Å². The molecule has 2 amide bonds. The lowest BCUT2D eigenvalue weighted by Gasteiger charge is -2.38. The standard InChI is InChI=1S/C34H33ClN4O9S/c1-44-23-9-10-31(30(19-23)47-4)49(42,43)39-27-21-29(46-3)26(35)20-25(27)34(32(39)40,24-7-5-6-8-28(24)45-2)48-33(41)38-17-15-37(16-18-38)22-11-13-36-14-12-22/h5-14,19-21H,15-18H2,1-4H3. The number of anilines is 2. The number of amides is 2. The fourth-order valence-electron chi connectivity index (χ4n) is 6.09. The van der Waals surface area contributed by atoms with Crippen molar-refractivity contribution in [2.45, 2.75) is 10.5 Å². The molecule has 1 unspecified atom stereocenters. The summed E-state index contributed by atoms with van der Waals surface area (Å²) >= 11 is 6.63. The number of hydrogen-bond donors (Lipinski definition) is 0. The molecular formula is C34H33ClN4O9S. The molecule has 2 aliphatic heterocycles. The van der Waals surface area contributed by atoms with Crippen molar-refractivity contribution in [3.63, 3.8) is 0 Å². The Morgan fingerprint density at radius 3 is 2.12 bits per heavy atom. The number of benzene rings is 3. The first kappa shape index (κ1) is 33.7. The molecule has 3 aromatic carbocycles. The van der Waals surface area contributed by atoms with E-state index in [0.29, 0.717) is 23.1 Å². The van der Waals surface area contributed by atoms with E-state index in [9.17, 15) is 13.2 Å². The van der Waals surface area contributed by atoms with E-state index < -0.39 is 27.6 Å². The highest BCUT2D eigenvalue weighted by molar-refractivity contribution is 7.93. The third kappa shape index (κ3) is 5.70. The van der Waals surface area contributed by atoms with E-state index >= 15 is 4.79 Å². The molecule has 0 aliphatic carbocycles. The van der Waals surface area contributed by atoms with E-state index in [1.165, 1.54) is 69.7 Å². The second-order valence-electron chi connectivity index (χ2n) is 11.0. The van der Waals surface area contributed by atoms with Gasteiger partial charge >= 0.3 is 6.09 Å². The second-order valence-corrected chi connectivity index (χ2v) is 13.2. The molecular weight excluding hydrogens is 676 g/mol. The van der Waals surface area contributed by atoms with Gasteiger partial charge in [0.15, 0.2) is 0 Å². The summed E-state index contributed by atoms with van der Waals surface area (Å²) in [5, 5.41) is 0.0524. The monoisotopic (exact) mass is 708 g/mol. The van der Waals surface area contributed by atoms with Crippen molar-refractivity contribution in [1.29, 1.82) is 0 Å². The minimum absolute atomic E-state index is 0.00683. The number of carbonyl (C=O) groups excluding carboxylic acids is 2. The van der Waals surface area contributed by atoms with E-state index in [1.807, 2.05) is 12.1 Å². The zero-order valence-corrected chi connectivity index (χ0v) is 28.7. The number of pyridine rings is 1. The maximum Gasteiger partial charge on any atom is 0.411 e. The number of methoxy groups -OCH3 is 4. The van der Waals surface area contributed by atoms with Gasteiger partial charge in [-0.2, -0.15) is 4.31 Å². The molecule has 0 saturated carbocycles. The van der Waals surface area contributed by atoms with Crippen molar-refractivity contribution in [2.24, 2.45) is 0 Å². The molecule has 0 bridgehead atoms. The zero-order valence-electron chi connectivity index (χ0n) is 27.1. The lowest BCUT2D eigenvalue weighted by molar-refractivity contribution is -0.132. The minimum Gasteiger partial charge on any atom is -0.497 e. The van der Waals surface area contributed by atoms with E-state index in [-0.39, 0.29) is 57.1 Å². The lowest BCUT2D eigenvalue weighted by Crippen LogP contribution is -2.53. The number of aromatic nitrogens is 1. The molecule has 49 heavy (non-hydrogen) atoms. The van der Waals surface area contributed by atoms with E-state index in [4.69, 9.17) is 35.3 Å². The molecule has 3 heterocycles. The number of carbonyl (C=O) groups is 2. The summed E-state index contributed by atoms with van der Waals surface area (Å²) in [7, 11) is 0.715. The smallest absolute Gasteiger partial charge is 0.411 e. The minimum atomic E-state index is -4.76. The third-order valence-corrected chi connectivity index (χ3v) is 10.6. The number of ether oxygens (including phenoxy) is 5. The first-order chi connectivity index (χ1) is 23.6. The average Bonchev–Trinajstić information content (AvgIpc) is 3.37. The van der Waals surface area contributed by atoms with Gasteiger partial charge in [-0.25, -0.2) is 13.2 Å². The van der Waals surface area contributed by atoms with Crippen LogP contribution in [0.2, 0.25) is 5.02 Å². The number of piperazine rings is 1. The Bertz CT molecular complexity index is 2010. The SMILES string of the molecule is COc1ccc(S(=O)(=O)N2C(=O)C(OC(=O)N3CCN(c4ccncc4)CC3)(c3ccccc3OC)c3cc(Cl)c(OC)cc32)c(OC)c1. The highest BCUT2D eigenvalue weighted by atomic mass is 35.5. The van der Waals surface area contributed by atoms with Crippen LogP contribution in [0.1, 0.15) is 11.1 Å². The molecule has 13 nitrogen and oxygen atoms in total. The van der Waals surface area contributed by atoms with Gasteiger partial charge in [-0.05, 0) is 36.4 Å². The van der Waals surface area contributed by atoms with E-state index in [1.54, 1.807) is 30.6 Å². The van der Waals surface area contributed by atoms with Gasteiger partial charge < -0.3 is 33.5 Å². The van der Waals surface area contributed by atoms with Crippen LogP contribution in [-0.2, 0) is 25.2 Å². The van der Waals surface area contributed by atoms with Crippen LogP contribution < -0.4 is 28.2 Å². The molecule has 256 valence electrons. The van der Waals surface area contributed by atoms with Crippen molar-refractivity contribution in [3.8, 4) is 23.0 Å². The maximum atomic E-state index is 15.1. The summed E-state index contributed by atoms with van der Waals surface area (Å²) in [6, 6.07) is 17.0. The van der Waals surface area contributed by atoms with E-state index in [0.717, 1.165) is 5.69 Å². The number of para-hydroxylation sites is 1. The first-order valence-electron chi connectivity index (χ1n) is 15.1. The molecule has 1 fully saturated rings. The quantitative estimate of drug-likeness (QED) is 0.239. The normalized spacial score (nSPS) is 17.4. The third-order valence-electron chi connectivity index (χ3n) is 8.54. The molecule has 0 radical (unpaired) electrons. The Kier molecular flexibility index (Phi) is 9.18. The van der Waals surface area contributed by atoms with Gasteiger partial charge in [0.05, 0.1) is 44.7 Å². The number of nitrogens with zero attached hydrogens (tertiary/aromatic N) is 4. The molecule has 15 heteroatoms. The Labute approximate surface area is 288 Å². The summed E-state index contributed by atoms with van der Waals surface area (Å²) in [6.45, 7) is 1.48. The van der Waals surface area contributed by atoms with Crippen molar-refractivity contribution < 1.29 is 41.7 Å². The molecule has 0 N–H and O–H groups in total. The summed E-state index contributed by atoms with van der Waals surface area (Å²) in [6.07, 6.45) is 2.54. The maximum absolute atomic E-state index is 15.1. The predicted molar refractivity (Wildman–Crippen MR) is 180 cm³/mol. The molecule has 2 aliphatic rings. The van der Waals surface area contributed by atoms with Crippen molar-refractivity contribution >= 4 is 45.0 Å². The van der Waals surface area contributed by atoms with Crippen LogP contribution in [-0.4, -0.2) is 84.9 Å². The van der Waals surface area contributed by atoms with Gasteiger partial charge in [0.2, 0.25) is 5.60 Å². The Morgan fingerprint density at radius 1 is 0.796 bits per heavy atom. The summed E-state index contributed by atoms with van der Waals surface area (Å²) in [5.74, 6) is -0.583. The largest absolute Gasteiger partial charge is 0.497 e. The van der Waals surface area contributed by atoms with Gasteiger partial charge in [0.25, 0.3) is 15.9 Å². The highest BCUT2D eigenvalue weighted by Crippen LogP contribution is 2.54. The molecule has 6 rings (SSSR count). The fourth-order valence-corrected chi connectivity index (χ4v) is 7.92. The Balaban J connectivity index is 1.50. The number of fused-ring (bicyclic) bond motifs is 1. The van der Waals surface area contributed by atoms with Gasteiger partial charge in [-0.3, -0.25) is 9.78 Å². The number of halogens is 1. The highest BCUT2D eigenvalue weighted by Gasteiger charge is 2.61. The van der Waals surface area contributed by atoms with Gasteiger partial charge in [0.1, 0.15) is 27.9 Å². The average molecular weight is 709 g/mol. The van der Waals surface area contributed by atoms with Gasteiger partial charge in [-0.1, -0.05) is 29.8 Å². The van der Waals surface area contributed by atoms with Crippen LogP contribution >= 0.6 is 11.6 Å². The van der Waals surface area contributed by atoms with Crippen LogP contribution in [0.15, 0.2) is 84.0 Å². The van der Waals surface area contributed by atoms with E-state index in [2.05, 4.69) is 9.88 Å². The number of hydrogen-bond acceptors (Lipinski definition) is 11. The Morgan fingerprint density at radius 2 is 1.47 bits per heavy atom. The van der Waals surface area contributed by atoms with Gasteiger partial charge in [0, 0.05) is 62.0 Å². The van der Waals surface area contributed by atoms with Crippen molar-refractivity contribution in [1.82, 2.24) is 9.88 Å². The summed E-state index contributed by atoms with van der Waals surface area (Å²) < 4.78 is 57.9. The second kappa shape index (κ2) is 13.4. The molecule has 1 atom stereocenters. The number of sulfonamides is 1. The molecule has 1 saturated heterocycles. The summed E-state index contributed by atoms with van der Waals surface area (Å²) in [5.41, 5.74) is -1.46. The lowest BCUT2D eigenvalue weighted by atomic mass is 9.86. The van der Waals surface area contributed by atoms with Crippen LogP contribution in [0.5, 0.6) is 23.0 Å². The van der Waals surface area contributed by atoms with Gasteiger partial charge in [-0.15, -0.1) is 0 Å². The van der Waals surface area contributed by atoms with Crippen LogP contribution in [0.3, 0.4) is 0 Å². The first-order valence-corrected chi connectivity index (χ1v) is 16.9. The molecule has 4 aromatic rings. The van der Waals surface area contributed by atoms with Crippen LogP contribution in [0.4, 0.5) is 16.2 Å².